The Hall–Kier alpha value is -3.76. The van der Waals surface area contributed by atoms with Gasteiger partial charge in [0.15, 0.2) is 0 Å². The fourth-order valence-corrected chi connectivity index (χ4v) is 9.14. The Bertz CT molecular complexity index is 1780. The van der Waals surface area contributed by atoms with Crippen LogP contribution in [-0.4, -0.2) is 16.1 Å². The second-order valence-electron chi connectivity index (χ2n) is 12.8. The van der Waals surface area contributed by atoms with E-state index >= 15 is 0 Å². The molecule has 1 aliphatic rings. The quantitative estimate of drug-likeness (QED) is 0.176. The van der Waals surface area contributed by atoms with Gasteiger partial charge in [-0.3, -0.25) is 0 Å². The van der Waals surface area contributed by atoms with Crippen molar-refractivity contribution in [3.63, 3.8) is 0 Å². The number of hydrogen-bond donors (Lipinski definition) is 1. The molecule has 0 bridgehead atoms. The standard InChI is InChI=1S/C39H40NO3PS/c1-38(2,3)45(41)40-35(27-23-25-28(42-6)26-24-27)31-19-13-20-32-36(31)43-37-33(39(32,4)5)21-14-22-34(37)44(29-15-9-7-10-16-29)30-17-11-8-12-18-30/h7-26,35,40H,1-6H3/t35-,45-/m1/s1. The van der Waals surface area contributed by atoms with E-state index in [-0.39, 0.29) is 11.5 Å². The second kappa shape index (κ2) is 12.6. The summed E-state index contributed by atoms with van der Waals surface area (Å²) in [5.41, 5.74) is 3.87. The summed E-state index contributed by atoms with van der Waals surface area (Å²) in [4.78, 5) is 0. The van der Waals surface area contributed by atoms with Crippen LogP contribution in [0.1, 0.15) is 62.9 Å². The first-order chi connectivity index (χ1) is 21.6. The van der Waals surface area contributed by atoms with Gasteiger partial charge in [-0.2, -0.15) is 0 Å². The van der Waals surface area contributed by atoms with E-state index < -0.39 is 23.7 Å². The summed E-state index contributed by atoms with van der Waals surface area (Å²) in [7, 11) is -0.570. The van der Waals surface area contributed by atoms with Crippen LogP contribution in [0.3, 0.4) is 0 Å². The van der Waals surface area contributed by atoms with Crippen LogP contribution in [0.15, 0.2) is 121 Å². The summed E-state index contributed by atoms with van der Waals surface area (Å²) in [5, 5.41) is 3.72. The van der Waals surface area contributed by atoms with E-state index in [1.165, 1.54) is 15.9 Å². The zero-order valence-electron chi connectivity index (χ0n) is 26.7. The van der Waals surface area contributed by atoms with E-state index in [0.717, 1.165) is 39.5 Å². The number of methoxy groups -OCH3 is 1. The number of fused-ring (bicyclic) bond motifs is 2. The maximum atomic E-state index is 13.6. The number of rotatable bonds is 8. The molecule has 0 unspecified atom stereocenters. The maximum absolute atomic E-state index is 13.6. The van der Waals surface area contributed by atoms with Crippen molar-refractivity contribution in [2.45, 2.75) is 50.8 Å². The van der Waals surface area contributed by atoms with Gasteiger partial charge in [0, 0.05) is 27.4 Å². The highest BCUT2D eigenvalue weighted by molar-refractivity contribution is 7.84. The van der Waals surface area contributed by atoms with E-state index in [9.17, 15) is 4.21 Å². The van der Waals surface area contributed by atoms with Gasteiger partial charge in [0.25, 0.3) is 0 Å². The molecule has 230 valence electrons. The molecule has 0 spiro atoms. The van der Waals surface area contributed by atoms with Crippen LogP contribution in [0.25, 0.3) is 0 Å². The molecule has 4 nitrogen and oxygen atoms in total. The first kappa shape index (κ1) is 31.2. The van der Waals surface area contributed by atoms with Gasteiger partial charge in [-0.1, -0.05) is 123 Å². The van der Waals surface area contributed by atoms with Crippen LogP contribution in [0.4, 0.5) is 0 Å². The minimum atomic E-state index is -1.34. The molecule has 1 heterocycles. The van der Waals surface area contributed by atoms with Crippen molar-refractivity contribution in [1.29, 1.82) is 0 Å². The van der Waals surface area contributed by atoms with Gasteiger partial charge in [-0.15, -0.1) is 0 Å². The zero-order valence-corrected chi connectivity index (χ0v) is 28.4. The molecule has 0 saturated carbocycles. The van der Waals surface area contributed by atoms with E-state index in [0.29, 0.717) is 0 Å². The SMILES string of the molecule is COc1ccc([C@@H](N[S@](=O)C(C)(C)C)c2cccc3c2Oc2c(P(c4ccccc4)c4ccccc4)cccc2C3(C)C)cc1. The molecular formula is C39H40NO3PS. The largest absolute Gasteiger partial charge is 0.497 e. The summed E-state index contributed by atoms with van der Waals surface area (Å²) >= 11 is 0. The lowest BCUT2D eigenvalue weighted by molar-refractivity contribution is 0.412. The topological polar surface area (TPSA) is 47.6 Å². The molecule has 45 heavy (non-hydrogen) atoms. The molecule has 1 N–H and O–H groups in total. The third kappa shape index (κ3) is 6.10. The maximum Gasteiger partial charge on any atom is 0.139 e. The molecule has 0 radical (unpaired) electrons. The van der Waals surface area contributed by atoms with Crippen LogP contribution >= 0.6 is 7.92 Å². The summed E-state index contributed by atoms with van der Waals surface area (Å²) in [5.74, 6) is 2.50. The average molecular weight is 634 g/mol. The fourth-order valence-electron chi connectivity index (χ4n) is 5.91. The Labute approximate surface area is 271 Å². The van der Waals surface area contributed by atoms with E-state index in [4.69, 9.17) is 9.47 Å². The normalized spacial score (nSPS) is 15.0. The lowest BCUT2D eigenvalue weighted by Crippen LogP contribution is -2.37. The second-order valence-corrected chi connectivity index (χ2v) is 17.0. The predicted octanol–water partition coefficient (Wildman–Crippen LogP) is 8.03. The van der Waals surface area contributed by atoms with Crippen LogP contribution in [0, 0.1) is 0 Å². The highest BCUT2D eigenvalue weighted by Gasteiger charge is 2.39. The molecule has 0 fully saturated rings. The first-order valence-corrected chi connectivity index (χ1v) is 17.8. The third-order valence-corrected chi connectivity index (χ3v) is 12.4. The van der Waals surface area contributed by atoms with Crippen molar-refractivity contribution in [1.82, 2.24) is 4.72 Å². The lowest BCUT2D eigenvalue weighted by atomic mass is 9.74. The Balaban J connectivity index is 1.54. The molecule has 2 atom stereocenters. The van der Waals surface area contributed by atoms with Gasteiger partial charge >= 0.3 is 0 Å². The highest BCUT2D eigenvalue weighted by atomic mass is 32.2. The average Bonchev–Trinajstić information content (AvgIpc) is 3.04. The van der Waals surface area contributed by atoms with Crippen molar-refractivity contribution < 1.29 is 13.7 Å². The van der Waals surface area contributed by atoms with Crippen LogP contribution in [-0.2, 0) is 16.4 Å². The third-order valence-electron chi connectivity index (χ3n) is 8.40. The molecular weight excluding hydrogens is 593 g/mol. The summed E-state index contributed by atoms with van der Waals surface area (Å²) in [6.45, 7) is 10.5. The van der Waals surface area contributed by atoms with Crippen molar-refractivity contribution in [3.05, 3.63) is 144 Å². The predicted molar refractivity (Wildman–Crippen MR) is 190 cm³/mol. The molecule has 1 aliphatic heterocycles. The number of para-hydroxylation sites is 2. The zero-order chi connectivity index (χ0) is 31.8. The van der Waals surface area contributed by atoms with Gasteiger partial charge < -0.3 is 9.47 Å². The monoisotopic (exact) mass is 633 g/mol. The summed E-state index contributed by atoms with van der Waals surface area (Å²) < 4.78 is 29.3. The fraction of sp³-hybridized carbons (Fsp3) is 0.231. The molecule has 0 aliphatic carbocycles. The van der Waals surface area contributed by atoms with Crippen LogP contribution in [0.2, 0.25) is 0 Å². The summed E-state index contributed by atoms with van der Waals surface area (Å²) in [6, 6.07) is 42.0. The van der Waals surface area contributed by atoms with Gasteiger partial charge in [0.2, 0.25) is 0 Å². The molecule has 6 heteroatoms. The van der Waals surface area contributed by atoms with E-state index in [1.807, 2.05) is 45.0 Å². The van der Waals surface area contributed by atoms with E-state index in [2.05, 4.69) is 116 Å². The van der Waals surface area contributed by atoms with Gasteiger partial charge in [-0.05, 0) is 57.0 Å². The Morgan fingerprint density at radius 2 is 1.29 bits per heavy atom. The Kier molecular flexibility index (Phi) is 8.72. The first-order valence-electron chi connectivity index (χ1n) is 15.3. The minimum absolute atomic E-state index is 0.336. The van der Waals surface area contributed by atoms with Crippen LogP contribution < -0.4 is 30.1 Å². The molecule has 5 aromatic carbocycles. The number of benzene rings is 5. The van der Waals surface area contributed by atoms with Gasteiger partial charge in [-0.25, -0.2) is 8.93 Å². The van der Waals surface area contributed by atoms with Crippen molar-refractivity contribution in [2.75, 3.05) is 7.11 Å². The van der Waals surface area contributed by atoms with Crippen molar-refractivity contribution in [3.8, 4) is 17.2 Å². The van der Waals surface area contributed by atoms with Gasteiger partial charge in [0.05, 0.1) is 28.9 Å². The lowest BCUT2D eigenvalue weighted by Gasteiger charge is -2.38. The number of ether oxygens (including phenoxy) is 2. The molecule has 0 saturated heterocycles. The van der Waals surface area contributed by atoms with Crippen molar-refractivity contribution in [2.24, 2.45) is 0 Å². The number of hydrogen-bond acceptors (Lipinski definition) is 3. The summed E-state index contributed by atoms with van der Waals surface area (Å²) in [6.07, 6.45) is 0. The molecule has 5 aromatic rings. The Morgan fingerprint density at radius 3 is 1.84 bits per heavy atom. The number of nitrogens with one attached hydrogen (secondary N) is 1. The minimum Gasteiger partial charge on any atom is -0.497 e. The molecule has 6 rings (SSSR count). The van der Waals surface area contributed by atoms with Gasteiger partial charge in [0.1, 0.15) is 17.2 Å². The molecule has 0 amide bonds. The van der Waals surface area contributed by atoms with E-state index in [1.54, 1.807) is 7.11 Å². The smallest absolute Gasteiger partial charge is 0.139 e. The molecule has 0 aromatic heterocycles. The highest BCUT2D eigenvalue weighted by Crippen LogP contribution is 2.52. The van der Waals surface area contributed by atoms with Crippen molar-refractivity contribution >= 4 is 34.8 Å². The van der Waals surface area contributed by atoms with Crippen LogP contribution in [0.5, 0.6) is 17.2 Å². The Morgan fingerprint density at radius 1 is 0.733 bits per heavy atom.